The number of benzene rings is 1. The van der Waals surface area contributed by atoms with Crippen molar-refractivity contribution in [3.05, 3.63) is 35.6 Å². The molecule has 1 saturated carbocycles. The Balaban J connectivity index is 1.21. The quantitative estimate of drug-likeness (QED) is 0.857. The van der Waals surface area contributed by atoms with Crippen molar-refractivity contribution in [1.29, 1.82) is 0 Å². The third-order valence-corrected chi connectivity index (χ3v) is 5.85. The highest BCUT2D eigenvalue weighted by atomic mass is 19.1. The van der Waals surface area contributed by atoms with Crippen LogP contribution in [0.2, 0.25) is 0 Å². The zero-order valence-electron chi connectivity index (χ0n) is 14.5. The maximum Gasteiger partial charge on any atom is 0.314 e. The number of carbonyl (C=O) groups is 1. The van der Waals surface area contributed by atoms with Crippen LogP contribution in [0, 0.1) is 5.82 Å². The van der Waals surface area contributed by atoms with E-state index in [9.17, 15) is 9.18 Å². The summed E-state index contributed by atoms with van der Waals surface area (Å²) in [5.41, 5.74) is 1.08. The van der Waals surface area contributed by atoms with E-state index in [2.05, 4.69) is 15.5 Å². The molecule has 1 aliphatic carbocycles. The maximum atomic E-state index is 13.1. The summed E-state index contributed by atoms with van der Waals surface area (Å²) in [5, 5.41) is 5.90. The Morgan fingerprint density at radius 3 is 2.84 bits per heavy atom. The van der Waals surface area contributed by atoms with Crippen LogP contribution in [0.25, 0.3) is 0 Å². The molecule has 0 radical (unpaired) electrons. The molecule has 0 spiro atoms. The van der Waals surface area contributed by atoms with Crippen LogP contribution in [0.15, 0.2) is 24.3 Å². The lowest BCUT2D eigenvalue weighted by Crippen LogP contribution is -2.51. The molecule has 3 aliphatic rings. The molecule has 2 saturated heterocycles. The predicted molar refractivity (Wildman–Crippen MR) is 93.0 cm³/mol. The number of nitrogens with zero attached hydrogens (tertiary/aromatic N) is 1. The number of rotatable bonds is 5. The monoisotopic (exact) mass is 347 g/mol. The molecule has 2 heterocycles. The summed E-state index contributed by atoms with van der Waals surface area (Å²) in [6, 6.07) is 7.05. The van der Waals surface area contributed by atoms with E-state index in [1.807, 2.05) is 12.1 Å². The fourth-order valence-electron chi connectivity index (χ4n) is 4.05. The van der Waals surface area contributed by atoms with Gasteiger partial charge in [0.15, 0.2) is 0 Å². The van der Waals surface area contributed by atoms with Gasteiger partial charge in [0.05, 0.1) is 12.7 Å². The van der Waals surface area contributed by atoms with Crippen molar-refractivity contribution >= 4 is 6.03 Å². The van der Waals surface area contributed by atoms with E-state index < -0.39 is 0 Å². The van der Waals surface area contributed by atoms with Crippen molar-refractivity contribution in [2.75, 3.05) is 32.8 Å². The molecule has 1 aromatic carbocycles. The van der Waals surface area contributed by atoms with E-state index >= 15 is 0 Å². The highest BCUT2D eigenvalue weighted by Gasteiger charge is 2.44. The number of urea groups is 1. The Bertz CT molecular complexity index is 618. The third kappa shape index (κ3) is 3.80. The first-order valence-electron chi connectivity index (χ1n) is 9.28. The first-order valence-corrected chi connectivity index (χ1v) is 9.28. The van der Waals surface area contributed by atoms with Crippen LogP contribution in [0.4, 0.5) is 9.18 Å². The third-order valence-electron chi connectivity index (χ3n) is 5.85. The lowest BCUT2D eigenvalue weighted by atomic mass is 9.96. The Morgan fingerprint density at radius 2 is 2.08 bits per heavy atom. The van der Waals surface area contributed by atoms with E-state index in [1.54, 1.807) is 0 Å². The Morgan fingerprint density at radius 1 is 1.28 bits per heavy atom. The van der Waals surface area contributed by atoms with Crippen LogP contribution < -0.4 is 10.6 Å². The van der Waals surface area contributed by atoms with Gasteiger partial charge in [-0.3, -0.25) is 4.90 Å². The number of nitrogens with one attached hydrogen (secondary N) is 2. The van der Waals surface area contributed by atoms with Gasteiger partial charge in [0.2, 0.25) is 0 Å². The van der Waals surface area contributed by atoms with Gasteiger partial charge < -0.3 is 15.4 Å². The van der Waals surface area contributed by atoms with Gasteiger partial charge in [0.25, 0.3) is 0 Å². The van der Waals surface area contributed by atoms with E-state index in [-0.39, 0.29) is 23.4 Å². The van der Waals surface area contributed by atoms with Crippen LogP contribution in [0.1, 0.15) is 31.2 Å². The zero-order chi connectivity index (χ0) is 17.3. The van der Waals surface area contributed by atoms with Gasteiger partial charge in [-0.1, -0.05) is 12.1 Å². The molecule has 2 atom stereocenters. The summed E-state index contributed by atoms with van der Waals surface area (Å²) in [4.78, 5) is 14.6. The van der Waals surface area contributed by atoms with Crippen LogP contribution in [0.3, 0.4) is 0 Å². The number of carbonyl (C=O) groups excluding carboxylic acids is 1. The first-order chi connectivity index (χ1) is 12.1. The van der Waals surface area contributed by atoms with E-state index in [0.29, 0.717) is 19.1 Å². The minimum Gasteiger partial charge on any atom is -0.373 e. The van der Waals surface area contributed by atoms with Gasteiger partial charge in [-0.15, -0.1) is 0 Å². The second-order valence-corrected chi connectivity index (χ2v) is 7.60. The van der Waals surface area contributed by atoms with Crippen LogP contribution in [0.5, 0.6) is 0 Å². The minimum absolute atomic E-state index is 0.0187. The van der Waals surface area contributed by atoms with Crippen molar-refractivity contribution in [3.8, 4) is 0 Å². The van der Waals surface area contributed by atoms with Gasteiger partial charge in [-0.05, 0) is 49.9 Å². The first kappa shape index (κ1) is 16.8. The average molecular weight is 347 g/mol. The molecule has 0 bridgehead atoms. The highest BCUT2D eigenvalue weighted by molar-refractivity contribution is 5.74. The fraction of sp³-hybridized carbons (Fsp3) is 0.632. The Hall–Kier alpha value is -1.66. The average Bonchev–Trinajstić information content (AvgIpc) is 3.27. The molecule has 2 N–H and O–H groups in total. The molecule has 6 heteroatoms. The molecule has 2 unspecified atom stereocenters. The maximum absolute atomic E-state index is 13.1. The van der Waals surface area contributed by atoms with Gasteiger partial charge in [0.1, 0.15) is 5.82 Å². The van der Waals surface area contributed by atoms with Gasteiger partial charge >= 0.3 is 6.03 Å². The standard InChI is InChI=1S/C19H26FN3O2/c20-15-5-3-14(4-6-15)19(7-8-19)13-22-18(24)21-10-17-11-23-9-1-2-16(23)12-25-17/h3-6,16-17H,1-2,7-13H2,(H2,21,22,24). The number of halogens is 1. The lowest BCUT2D eigenvalue weighted by Gasteiger charge is -2.35. The van der Waals surface area contributed by atoms with Gasteiger partial charge in [0, 0.05) is 31.1 Å². The summed E-state index contributed by atoms with van der Waals surface area (Å²) in [6.45, 7) is 3.96. The summed E-state index contributed by atoms with van der Waals surface area (Å²) in [7, 11) is 0. The minimum atomic E-state index is -0.224. The molecule has 2 aliphatic heterocycles. The topological polar surface area (TPSA) is 53.6 Å². The second-order valence-electron chi connectivity index (χ2n) is 7.60. The number of hydrogen-bond acceptors (Lipinski definition) is 3. The second kappa shape index (κ2) is 6.92. The van der Waals surface area contributed by atoms with Crippen molar-refractivity contribution in [1.82, 2.24) is 15.5 Å². The smallest absolute Gasteiger partial charge is 0.314 e. The van der Waals surface area contributed by atoms with E-state index in [4.69, 9.17) is 4.74 Å². The molecule has 2 amide bonds. The number of amides is 2. The summed E-state index contributed by atoms with van der Waals surface area (Å²) in [6.07, 6.45) is 4.61. The largest absolute Gasteiger partial charge is 0.373 e. The molecular formula is C19H26FN3O2. The Kier molecular flexibility index (Phi) is 4.65. The van der Waals surface area contributed by atoms with Gasteiger partial charge in [-0.2, -0.15) is 0 Å². The van der Waals surface area contributed by atoms with Crippen molar-refractivity contribution in [2.45, 2.75) is 43.2 Å². The predicted octanol–water partition coefficient (Wildman–Crippen LogP) is 2.02. The number of morpholine rings is 1. The van der Waals surface area contributed by atoms with Crippen LogP contribution >= 0.6 is 0 Å². The summed E-state index contributed by atoms with van der Waals surface area (Å²) >= 11 is 0. The molecule has 136 valence electrons. The molecule has 1 aromatic rings. The van der Waals surface area contributed by atoms with Crippen molar-refractivity contribution in [2.24, 2.45) is 0 Å². The van der Waals surface area contributed by atoms with Crippen molar-refractivity contribution < 1.29 is 13.9 Å². The number of hydrogen-bond donors (Lipinski definition) is 2. The SMILES string of the molecule is O=C(NCC1CN2CCCC2CO1)NCC1(c2ccc(F)cc2)CC1. The fourth-order valence-corrected chi connectivity index (χ4v) is 4.05. The number of ether oxygens (including phenoxy) is 1. The summed E-state index contributed by atoms with van der Waals surface area (Å²) < 4.78 is 18.9. The number of fused-ring (bicyclic) bond motifs is 1. The normalized spacial score (nSPS) is 27.6. The molecule has 25 heavy (non-hydrogen) atoms. The van der Waals surface area contributed by atoms with E-state index in [0.717, 1.165) is 38.1 Å². The van der Waals surface area contributed by atoms with Crippen LogP contribution in [-0.4, -0.2) is 55.9 Å². The van der Waals surface area contributed by atoms with Gasteiger partial charge in [-0.25, -0.2) is 9.18 Å². The van der Waals surface area contributed by atoms with Crippen molar-refractivity contribution in [3.63, 3.8) is 0 Å². The molecule has 4 rings (SSSR count). The summed E-state index contributed by atoms with van der Waals surface area (Å²) in [5.74, 6) is -0.224. The lowest BCUT2D eigenvalue weighted by molar-refractivity contribution is -0.0457. The molecular weight excluding hydrogens is 321 g/mol. The van der Waals surface area contributed by atoms with E-state index in [1.165, 1.54) is 25.0 Å². The Labute approximate surface area is 147 Å². The molecule has 0 aromatic heterocycles. The highest BCUT2D eigenvalue weighted by Crippen LogP contribution is 2.47. The molecule has 3 fully saturated rings. The van der Waals surface area contributed by atoms with Crippen LogP contribution in [-0.2, 0) is 10.2 Å². The zero-order valence-corrected chi connectivity index (χ0v) is 14.5. The molecule has 5 nitrogen and oxygen atoms in total.